The normalized spacial score (nSPS) is 28.5. The third kappa shape index (κ3) is 2.34. The van der Waals surface area contributed by atoms with Gasteiger partial charge in [-0.05, 0) is 15.9 Å². The number of aromatic nitrogens is 2. The van der Waals surface area contributed by atoms with Crippen molar-refractivity contribution in [2.24, 2.45) is 0 Å². The van der Waals surface area contributed by atoms with Crippen LogP contribution >= 0.6 is 15.9 Å². The topological polar surface area (TPSA) is 105 Å². The summed E-state index contributed by atoms with van der Waals surface area (Å²) in [7, 11) is 0. The summed E-state index contributed by atoms with van der Waals surface area (Å²) >= 11 is 3.00. The molecule has 0 unspecified atom stereocenters. The Morgan fingerprint density at radius 2 is 2.29 bits per heavy atom. The van der Waals surface area contributed by atoms with Crippen LogP contribution in [-0.4, -0.2) is 38.6 Å². The Kier molecular flexibility index (Phi) is 3.48. The van der Waals surface area contributed by atoms with Crippen molar-refractivity contribution in [3.8, 4) is 0 Å². The van der Waals surface area contributed by atoms with Crippen LogP contribution in [0.5, 0.6) is 0 Å². The number of nitrogens with one attached hydrogen (secondary N) is 1. The second kappa shape index (κ2) is 4.73. The Labute approximate surface area is 104 Å². The van der Waals surface area contributed by atoms with Crippen LogP contribution in [0.4, 0.5) is 0 Å². The highest BCUT2D eigenvalue weighted by atomic mass is 79.9. The molecule has 0 bridgehead atoms. The lowest BCUT2D eigenvalue weighted by Gasteiger charge is -2.14. The number of aliphatic hydroxyl groups is 2. The minimum absolute atomic E-state index is 0.184. The highest BCUT2D eigenvalue weighted by Gasteiger charge is 2.35. The molecule has 1 fully saturated rings. The second-order valence-corrected chi connectivity index (χ2v) is 4.61. The highest BCUT2D eigenvalue weighted by molar-refractivity contribution is 9.10. The van der Waals surface area contributed by atoms with Crippen molar-refractivity contribution in [3.63, 3.8) is 0 Å². The van der Waals surface area contributed by atoms with Gasteiger partial charge in [-0.25, -0.2) is 4.79 Å². The SMILES string of the molecule is O=c1[nH]c(=O)n([C@H]2C[C@@H](O)[C@@H](CO)O2)cc1Br. The van der Waals surface area contributed by atoms with Crippen LogP contribution in [0.1, 0.15) is 12.6 Å². The number of hydrogen-bond acceptors (Lipinski definition) is 5. The summed E-state index contributed by atoms with van der Waals surface area (Å²) in [5.41, 5.74) is -1.14. The Bertz CT molecular complexity index is 525. The molecule has 1 aliphatic heterocycles. The molecule has 1 saturated heterocycles. The van der Waals surface area contributed by atoms with Crippen LogP contribution in [0.15, 0.2) is 20.3 Å². The minimum atomic E-state index is -0.831. The number of ether oxygens (including phenoxy) is 1. The molecule has 0 saturated carbocycles. The van der Waals surface area contributed by atoms with Crippen molar-refractivity contribution in [1.82, 2.24) is 9.55 Å². The third-order valence-electron chi connectivity index (χ3n) is 2.62. The molecule has 2 rings (SSSR count). The van der Waals surface area contributed by atoms with E-state index in [2.05, 4.69) is 20.9 Å². The van der Waals surface area contributed by atoms with Crippen LogP contribution < -0.4 is 11.2 Å². The third-order valence-corrected chi connectivity index (χ3v) is 3.18. The van der Waals surface area contributed by atoms with E-state index < -0.39 is 29.7 Å². The van der Waals surface area contributed by atoms with Crippen molar-refractivity contribution in [3.05, 3.63) is 31.5 Å². The zero-order valence-corrected chi connectivity index (χ0v) is 10.3. The fourth-order valence-corrected chi connectivity index (χ4v) is 2.04. The molecule has 0 aromatic carbocycles. The van der Waals surface area contributed by atoms with E-state index in [1.54, 1.807) is 0 Å². The van der Waals surface area contributed by atoms with Gasteiger partial charge >= 0.3 is 5.69 Å². The van der Waals surface area contributed by atoms with Crippen LogP contribution in [0, 0.1) is 0 Å². The molecule has 7 nitrogen and oxygen atoms in total. The van der Waals surface area contributed by atoms with Gasteiger partial charge in [-0.3, -0.25) is 14.3 Å². The van der Waals surface area contributed by atoms with Gasteiger partial charge < -0.3 is 14.9 Å². The van der Waals surface area contributed by atoms with E-state index in [1.165, 1.54) is 10.8 Å². The summed E-state index contributed by atoms with van der Waals surface area (Å²) < 4.78 is 6.67. The maximum absolute atomic E-state index is 11.5. The molecule has 1 aromatic rings. The lowest BCUT2D eigenvalue weighted by molar-refractivity contribution is -0.0459. The van der Waals surface area contributed by atoms with E-state index in [9.17, 15) is 14.7 Å². The van der Waals surface area contributed by atoms with Gasteiger partial charge in [0, 0.05) is 12.6 Å². The van der Waals surface area contributed by atoms with E-state index in [0.717, 1.165) is 0 Å². The van der Waals surface area contributed by atoms with Crippen molar-refractivity contribution in [2.45, 2.75) is 24.9 Å². The fraction of sp³-hybridized carbons (Fsp3) is 0.556. The summed E-state index contributed by atoms with van der Waals surface area (Å²) in [5.74, 6) is 0. The average Bonchev–Trinajstić information content (AvgIpc) is 2.65. The van der Waals surface area contributed by atoms with Gasteiger partial charge in [0.05, 0.1) is 17.2 Å². The van der Waals surface area contributed by atoms with E-state index in [4.69, 9.17) is 9.84 Å². The van der Waals surface area contributed by atoms with Gasteiger partial charge in [-0.1, -0.05) is 0 Å². The Hall–Kier alpha value is -0.960. The molecule has 1 aromatic heterocycles. The first-order valence-corrected chi connectivity index (χ1v) is 5.77. The number of H-pyrrole nitrogens is 1. The van der Waals surface area contributed by atoms with E-state index in [1.807, 2.05) is 0 Å². The molecule has 8 heteroatoms. The number of hydrogen-bond donors (Lipinski definition) is 3. The summed E-state index contributed by atoms with van der Waals surface area (Å²) in [6.07, 6.45) is -0.745. The van der Waals surface area contributed by atoms with Crippen molar-refractivity contribution in [1.29, 1.82) is 0 Å². The smallest absolute Gasteiger partial charge is 0.330 e. The first-order valence-electron chi connectivity index (χ1n) is 4.98. The van der Waals surface area contributed by atoms with E-state index >= 15 is 0 Å². The molecule has 94 valence electrons. The first kappa shape index (κ1) is 12.5. The number of halogens is 1. The van der Waals surface area contributed by atoms with Gasteiger partial charge in [0.2, 0.25) is 0 Å². The quantitative estimate of drug-likeness (QED) is 0.646. The first-order chi connectivity index (χ1) is 8.02. The molecule has 0 amide bonds. The zero-order chi connectivity index (χ0) is 12.6. The van der Waals surface area contributed by atoms with Gasteiger partial charge in [0.1, 0.15) is 12.3 Å². The highest BCUT2D eigenvalue weighted by Crippen LogP contribution is 2.27. The summed E-state index contributed by atoms with van der Waals surface area (Å²) in [4.78, 5) is 24.8. The number of aromatic amines is 1. The van der Waals surface area contributed by atoms with E-state index in [0.29, 0.717) is 0 Å². The standard InChI is InChI=1S/C9H11BrN2O5/c10-4-2-12(9(16)11-8(4)15)7-1-5(14)6(3-13)17-7/h2,5-7,13-14H,1,3H2,(H,11,15,16)/t5-,6-,7-/m1/s1. The fourth-order valence-electron chi connectivity index (χ4n) is 1.72. The second-order valence-electron chi connectivity index (χ2n) is 3.76. The van der Waals surface area contributed by atoms with Crippen molar-refractivity contribution in [2.75, 3.05) is 6.61 Å². The minimum Gasteiger partial charge on any atom is -0.394 e. The molecule has 2 heterocycles. The Morgan fingerprint density at radius 1 is 1.59 bits per heavy atom. The molecule has 0 radical (unpaired) electrons. The monoisotopic (exact) mass is 306 g/mol. The largest absolute Gasteiger partial charge is 0.394 e. The summed E-state index contributed by atoms with van der Waals surface area (Å²) in [5, 5.41) is 18.5. The molecule has 3 atom stereocenters. The molecule has 17 heavy (non-hydrogen) atoms. The predicted molar refractivity (Wildman–Crippen MR) is 60.6 cm³/mol. The molecular weight excluding hydrogens is 296 g/mol. The Balaban J connectivity index is 2.34. The summed E-state index contributed by atoms with van der Waals surface area (Å²) in [6.45, 7) is -0.322. The van der Waals surface area contributed by atoms with Crippen LogP contribution in [0.3, 0.4) is 0 Å². The maximum atomic E-state index is 11.5. The number of rotatable bonds is 2. The average molecular weight is 307 g/mol. The maximum Gasteiger partial charge on any atom is 0.330 e. The van der Waals surface area contributed by atoms with Crippen LogP contribution in [-0.2, 0) is 4.74 Å². The van der Waals surface area contributed by atoms with Crippen molar-refractivity contribution >= 4 is 15.9 Å². The van der Waals surface area contributed by atoms with Crippen molar-refractivity contribution < 1.29 is 14.9 Å². The van der Waals surface area contributed by atoms with Crippen LogP contribution in [0.2, 0.25) is 0 Å². The molecule has 3 N–H and O–H groups in total. The van der Waals surface area contributed by atoms with Crippen LogP contribution in [0.25, 0.3) is 0 Å². The lowest BCUT2D eigenvalue weighted by atomic mass is 10.2. The van der Waals surface area contributed by atoms with E-state index in [-0.39, 0.29) is 17.5 Å². The zero-order valence-electron chi connectivity index (χ0n) is 8.67. The molecule has 1 aliphatic rings. The number of aliphatic hydroxyl groups excluding tert-OH is 2. The lowest BCUT2D eigenvalue weighted by Crippen LogP contribution is -2.32. The molecule has 0 aliphatic carbocycles. The predicted octanol–water partition coefficient (Wildman–Crippen LogP) is -1.06. The molecule has 0 spiro atoms. The summed E-state index contributed by atoms with van der Waals surface area (Å²) in [6, 6.07) is 0. The van der Waals surface area contributed by atoms with Gasteiger partial charge in [0.15, 0.2) is 0 Å². The van der Waals surface area contributed by atoms with Gasteiger partial charge in [-0.2, -0.15) is 0 Å². The number of nitrogens with zero attached hydrogens (tertiary/aromatic N) is 1. The molecular formula is C9H11BrN2O5. The Morgan fingerprint density at radius 3 is 2.88 bits per heavy atom. The van der Waals surface area contributed by atoms with Gasteiger partial charge in [-0.15, -0.1) is 0 Å². The van der Waals surface area contributed by atoms with Gasteiger partial charge in [0.25, 0.3) is 5.56 Å².